The van der Waals surface area contributed by atoms with Crippen LogP contribution >= 0.6 is 0 Å². The highest BCUT2D eigenvalue weighted by Gasteiger charge is 2.40. The van der Waals surface area contributed by atoms with E-state index in [1.165, 1.54) is 0 Å². The molecule has 6 heteroatoms. The van der Waals surface area contributed by atoms with E-state index in [9.17, 15) is 0 Å². The van der Waals surface area contributed by atoms with Gasteiger partial charge in [0.05, 0.1) is 24.4 Å². The summed E-state index contributed by atoms with van der Waals surface area (Å²) in [7, 11) is -0.386. The van der Waals surface area contributed by atoms with E-state index in [4.69, 9.17) is 25.6 Å². The van der Waals surface area contributed by atoms with Crippen LogP contribution in [0.1, 0.15) is 26.5 Å². The Bertz CT molecular complexity index is 946. The third-order valence-electron chi connectivity index (χ3n) is 5.95. The minimum Gasteiger partial charge on any atom is -0.542 e. The van der Waals surface area contributed by atoms with Gasteiger partial charge in [0, 0.05) is 5.39 Å². The van der Waals surface area contributed by atoms with Crippen molar-refractivity contribution in [2.24, 2.45) is 11.5 Å². The van der Waals surface area contributed by atoms with Crippen LogP contribution in [0.3, 0.4) is 0 Å². The lowest BCUT2D eigenvalue weighted by atomic mass is 9.83. The van der Waals surface area contributed by atoms with E-state index in [0.29, 0.717) is 11.5 Å². The van der Waals surface area contributed by atoms with Crippen molar-refractivity contribution in [3.63, 3.8) is 0 Å². The molecule has 1 aromatic carbocycles. The summed E-state index contributed by atoms with van der Waals surface area (Å²) in [4.78, 5) is 4.91. The number of aromatic nitrogens is 1. The number of rotatable bonds is 4. The number of pyridine rings is 1. The number of nitrogens with zero attached hydrogens (tertiary/aromatic N) is 1. The molecular formula is C22H31N3O2Si. The van der Waals surface area contributed by atoms with Crippen molar-refractivity contribution >= 4 is 19.2 Å². The van der Waals surface area contributed by atoms with E-state index in [1.54, 1.807) is 7.11 Å². The van der Waals surface area contributed by atoms with Crippen LogP contribution in [0.5, 0.6) is 5.75 Å². The Kier molecular flexibility index (Phi) is 5.16. The summed E-state index contributed by atoms with van der Waals surface area (Å²) < 4.78 is 11.8. The van der Waals surface area contributed by atoms with Gasteiger partial charge in [-0.15, -0.1) is 0 Å². The van der Waals surface area contributed by atoms with Gasteiger partial charge in [0.25, 0.3) is 8.32 Å². The van der Waals surface area contributed by atoms with Gasteiger partial charge in [0.15, 0.2) is 0 Å². The Balaban J connectivity index is 2.07. The average Bonchev–Trinajstić information content (AvgIpc) is 2.63. The van der Waals surface area contributed by atoms with Crippen LogP contribution in [0.25, 0.3) is 10.9 Å². The summed E-state index contributed by atoms with van der Waals surface area (Å²) in [5, 5.41) is 1.11. The largest absolute Gasteiger partial charge is 0.542 e. The number of para-hydroxylation sites is 1. The topological polar surface area (TPSA) is 83.4 Å². The predicted octanol–water partition coefficient (Wildman–Crippen LogP) is 4.20. The van der Waals surface area contributed by atoms with Crippen molar-refractivity contribution in [2.75, 3.05) is 7.11 Å². The van der Waals surface area contributed by atoms with Gasteiger partial charge in [0.2, 0.25) is 0 Å². The molecule has 2 atom stereocenters. The van der Waals surface area contributed by atoms with Crippen LogP contribution in [0.15, 0.2) is 54.3 Å². The number of methoxy groups -OCH3 is 1. The Morgan fingerprint density at radius 2 is 1.86 bits per heavy atom. The number of allylic oxidation sites excluding steroid dienone is 1. The summed E-state index contributed by atoms with van der Waals surface area (Å²) in [6.45, 7) is 11.1. The molecule has 0 saturated heterocycles. The minimum absolute atomic E-state index is 0.0949. The first-order valence-corrected chi connectivity index (χ1v) is 12.5. The van der Waals surface area contributed by atoms with E-state index in [1.807, 2.05) is 48.6 Å². The monoisotopic (exact) mass is 397 g/mol. The van der Waals surface area contributed by atoms with E-state index < -0.39 is 19.9 Å². The second-order valence-electron chi connectivity index (χ2n) is 8.95. The van der Waals surface area contributed by atoms with Crippen molar-refractivity contribution in [1.82, 2.24) is 4.98 Å². The van der Waals surface area contributed by atoms with Crippen LogP contribution < -0.4 is 15.9 Å². The van der Waals surface area contributed by atoms with Gasteiger partial charge in [-0.3, -0.25) is 0 Å². The van der Waals surface area contributed by atoms with Gasteiger partial charge in [-0.1, -0.05) is 45.0 Å². The lowest BCUT2D eigenvalue weighted by Crippen LogP contribution is -2.52. The molecule has 1 aliphatic rings. The molecule has 0 saturated carbocycles. The van der Waals surface area contributed by atoms with Crippen molar-refractivity contribution < 1.29 is 9.16 Å². The fourth-order valence-electron chi connectivity index (χ4n) is 2.97. The van der Waals surface area contributed by atoms with E-state index in [2.05, 4.69) is 33.9 Å². The molecule has 0 fully saturated rings. The first kappa shape index (κ1) is 20.6. The van der Waals surface area contributed by atoms with Crippen LogP contribution in [-0.2, 0) is 10.3 Å². The first-order chi connectivity index (χ1) is 13.0. The fourth-order valence-corrected chi connectivity index (χ4v) is 3.99. The number of hydrogen-bond donors (Lipinski definition) is 2. The van der Waals surface area contributed by atoms with E-state index in [0.717, 1.165) is 16.7 Å². The Hall–Kier alpha value is -2.15. The fraction of sp³-hybridized carbons (Fsp3) is 0.409. The summed E-state index contributed by atoms with van der Waals surface area (Å²) >= 11 is 0. The number of benzene rings is 1. The zero-order chi connectivity index (χ0) is 20.7. The Morgan fingerprint density at radius 3 is 2.46 bits per heavy atom. The molecule has 5 nitrogen and oxygen atoms in total. The Morgan fingerprint density at radius 1 is 1.14 bits per heavy atom. The summed E-state index contributed by atoms with van der Waals surface area (Å²) in [6, 6.07) is 9.56. The maximum Gasteiger partial charge on any atom is 0.250 e. The maximum absolute atomic E-state index is 6.67. The zero-order valence-electron chi connectivity index (χ0n) is 17.6. The van der Waals surface area contributed by atoms with Gasteiger partial charge in [-0.2, -0.15) is 0 Å². The normalized spacial score (nSPS) is 22.9. The highest BCUT2D eigenvalue weighted by Crippen LogP contribution is 2.39. The molecule has 1 heterocycles. The molecule has 1 aromatic heterocycles. The van der Waals surface area contributed by atoms with Gasteiger partial charge in [-0.05, 0) is 42.4 Å². The quantitative estimate of drug-likeness (QED) is 0.756. The zero-order valence-corrected chi connectivity index (χ0v) is 18.6. The third-order valence-corrected chi connectivity index (χ3v) is 10.3. The van der Waals surface area contributed by atoms with Crippen molar-refractivity contribution in [1.29, 1.82) is 0 Å². The van der Waals surface area contributed by atoms with E-state index >= 15 is 0 Å². The molecule has 28 heavy (non-hydrogen) atoms. The maximum atomic E-state index is 6.67. The standard InChI is InChI=1S/C22H31N3O2Si/c1-21(2,3)28(5,6)27-17-9-7-8-15-10-11-19(25-20(15)17)22(24)13-12-16(26-4)14-18(22)23/h7-14,18H,23-24H2,1-6H3. The molecular weight excluding hydrogens is 366 g/mol. The first-order valence-electron chi connectivity index (χ1n) is 9.57. The molecule has 0 radical (unpaired) electrons. The summed E-state index contributed by atoms with van der Waals surface area (Å²) in [5.41, 5.74) is 13.7. The number of ether oxygens (including phenoxy) is 1. The number of fused-ring (bicyclic) bond motifs is 1. The van der Waals surface area contributed by atoms with Crippen molar-refractivity contribution in [2.45, 2.75) is 50.5 Å². The molecule has 4 N–H and O–H groups in total. The highest BCUT2D eigenvalue weighted by atomic mass is 28.4. The van der Waals surface area contributed by atoms with Gasteiger partial charge < -0.3 is 20.6 Å². The molecule has 3 rings (SSSR count). The summed E-state index contributed by atoms with van der Waals surface area (Å²) in [6.07, 6.45) is 5.53. The summed E-state index contributed by atoms with van der Waals surface area (Å²) in [5.74, 6) is 1.51. The van der Waals surface area contributed by atoms with Gasteiger partial charge in [-0.25, -0.2) is 4.98 Å². The average molecular weight is 398 g/mol. The molecule has 0 spiro atoms. The second-order valence-corrected chi connectivity index (χ2v) is 13.7. The molecule has 2 aromatic rings. The lowest BCUT2D eigenvalue weighted by molar-refractivity contribution is 0.295. The van der Waals surface area contributed by atoms with Crippen molar-refractivity contribution in [3.05, 3.63) is 60.0 Å². The molecule has 1 aliphatic carbocycles. The number of nitrogens with two attached hydrogens (primary N) is 2. The van der Waals surface area contributed by atoms with Crippen LogP contribution in [-0.4, -0.2) is 26.5 Å². The van der Waals surface area contributed by atoms with Crippen LogP contribution in [0.4, 0.5) is 0 Å². The highest BCUT2D eigenvalue weighted by molar-refractivity contribution is 6.74. The lowest BCUT2D eigenvalue weighted by Gasteiger charge is -2.37. The Labute approximate surface area is 168 Å². The molecule has 0 bridgehead atoms. The number of hydrogen-bond acceptors (Lipinski definition) is 5. The SMILES string of the molecule is COC1=CC(N)C(N)(c2ccc3cccc(O[Si](C)(C)C(C)(C)C)c3n2)C=C1. The van der Waals surface area contributed by atoms with Gasteiger partial charge >= 0.3 is 0 Å². The molecule has 0 amide bonds. The minimum atomic E-state index is -2.00. The molecule has 2 unspecified atom stereocenters. The molecule has 0 aliphatic heterocycles. The van der Waals surface area contributed by atoms with Crippen molar-refractivity contribution in [3.8, 4) is 5.75 Å². The second kappa shape index (κ2) is 7.03. The smallest absolute Gasteiger partial charge is 0.250 e. The van der Waals surface area contributed by atoms with Crippen LogP contribution in [0, 0.1) is 0 Å². The predicted molar refractivity (Wildman–Crippen MR) is 118 cm³/mol. The van der Waals surface area contributed by atoms with E-state index in [-0.39, 0.29) is 5.04 Å². The third kappa shape index (κ3) is 3.59. The van der Waals surface area contributed by atoms with Gasteiger partial charge in [0.1, 0.15) is 17.0 Å². The molecule has 150 valence electrons. The van der Waals surface area contributed by atoms with Crippen LogP contribution in [0.2, 0.25) is 18.1 Å².